The van der Waals surface area contributed by atoms with Crippen molar-refractivity contribution < 1.29 is 0 Å². The van der Waals surface area contributed by atoms with Crippen molar-refractivity contribution in [3.05, 3.63) is 59.8 Å². The van der Waals surface area contributed by atoms with Crippen molar-refractivity contribution in [2.24, 2.45) is 0 Å². The molecular formula is C15H16N4. The van der Waals surface area contributed by atoms with Crippen molar-refractivity contribution in [2.75, 3.05) is 0 Å². The first-order valence-corrected chi connectivity index (χ1v) is 6.36. The minimum absolute atomic E-state index is 0.727. The monoisotopic (exact) mass is 252 g/mol. The summed E-state index contributed by atoms with van der Waals surface area (Å²) in [6.07, 6.45) is 5.58. The first-order chi connectivity index (χ1) is 9.33. The highest BCUT2D eigenvalue weighted by molar-refractivity contribution is 5.82. The Bertz CT molecular complexity index is 670. The molecule has 19 heavy (non-hydrogen) atoms. The maximum Gasteiger partial charge on any atom is 0.0724 e. The van der Waals surface area contributed by atoms with E-state index in [0.29, 0.717) is 0 Å². The number of H-pyrrole nitrogens is 1. The van der Waals surface area contributed by atoms with Crippen LogP contribution in [-0.4, -0.2) is 15.0 Å². The van der Waals surface area contributed by atoms with Gasteiger partial charge in [0.05, 0.1) is 11.4 Å². The molecule has 0 atom stereocenters. The van der Waals surface area contributed by atoms with Gasteiger partial charge in [-0.05, 0) is 23.9 Å². The van der Waals surface area contributed by atoms with E-state index in [1.165, 1.54) is 16.5 Å². The van der Waals surface area contributed by atoms with E-state index in [4.69, 9.17) is 0 Å². The molecule has 2 N–H and O–H groups in total. The number of nitrogens with one attached hydrogen (secondary N) is 2. The minimum atomic E-state index is 0.727. The van der Waals surface area contributed by atoms with Gasteiger partial charge in [0.1, 0.15) is 0 Å². The second-order valence-corrected chi connectivity index (χ2v) is 4.61. The van der Waals surface area contributed by atoms with Gasteiger partial charge >= 0.3 is 0 Å². The number of nitrogens with zero attached hydrogens (tertiary/aromatic N) is 2. The number of benzene rings is 1. The molecule has 2 heterocycles. The molecule has 2 aromatic heterocycles. The standard InChI is InChI=1S/C15H16N4/c1-11-7-19-14(10-18-11)9-16-8-13-4-2-3-12-5-6-17-15(12)13/h2-7,10,16-17H,8-9H2,1H3. The van der Waals surface area contributed by atoms with Crippen LogP contribution in [0.25, 0.3) is 10.9 Å². The molecule has 0 aliphatic rings. The fourth-order valence-electron chi connectivity index (χ4n) is 2.13. The molecule has 96 valence electrons. The van der Waals surface area contributed by atoms with Crippen LogP contribution in [0.4, 0.5) is 0 Å². The summed E-state index contributed by atoms with van der Waals surface area (Å²) < 4.78 is 0. The van der Waals surface area contributed by atoms with Gasteiger partial charge < -0.3 is 10.3 Å². The number of aromatic amines is 1. The van der Waals surface area contributed by atoms with Gasteiger partial charge in [0.15, 0.2) is 0 Å². The Hall–Kier alpha value is -2.20. The van der Waals surface area contributed by atoms with Crippen LogP contribution in [0.2, 0.25) is 0 Å². The van der Waals surface area contributed by atoms with E-state index in [1.54, 1.807) is 6.20 Å². The molecule has 0 amide bonds. The molecule has 0 unspecified atom stereocenters. The van der Waals surface area contributed by atoms with Gasteiger partial charge in [0, 0.05) is 37.2 Å². The number of aromatic nitrogens is 3. The fraction of sp³-hybridized carbons (Fsp3) is 0.200. The van der Waals surface area contributed by atoms with Crippen LogP contribution in [-0.2, 0) is 13.1 Å². The van der Waals surface area contributed by atoms with E-state index in [9.17, 15) is 0 Å². The third kappa shape index (κ3) is 2.63. The number of para-hydroxylation sites is 1. The molecule has 3 aromatic rings. The van der Waals surface area contributed by atoms with E-state index < -0.39 is 0 Å². The third-order valence-electron chi connectivity index (χ3n) is 3.13. The molecule has 0 fully saturated rings. The average molecular weight is 252 g/mol. The molecule has 0 radical (unpaired) electrons. The molecule has 0 aliphatic heterocycles. The first-order valence-electron chi connectivity index (χ1n) is 6.36. The van der Waals surface area contributed by atoms with Crippen LogP contribution in [0.15, 0.2) is 42.9 Å². The van der Waals surface area contributed by atoms with Crippen molar-refractivity contribution in [1.29, 1.82) is 0 Å². The summed E-state index contributed by atoms with van der Waals surface area (Å²) >= 11 is 0. The molecule has 0 saturated carbocycles. The SMILES string of the molecule is Cc1cnc(CNCc2cccc3cc[nH]c23)cn1. The Morgan fingerprint density at radius 1 is 1.11 bits per heavy atom. The molecule has 0 saturated heterocycles. The predicted octanol–water partition coefficient (Wildman–Crippen LogP) is 2.56. The third-order valence-corrected chi connectivity index (χ3v) is 3.13. The number of hydrogen-bond acceptors (Lipinski definition) is 3. The van der Waals surface area contributed by atoms with Crippen LogP contribution in [0, 0.1) is 6.92 Å². The Balaban J connectivity index is 1.66. The van der Waals surface area contributed by atoms with E-state index in [0.717, 1.165) is 24.5 Å². The van der Waals surface area contributed by atoms with E-state index in [2.05, 4.69) is 44.5 Å². The highest BCUT2D eigenvalue weighted by Gasteiger charge is 2.01. The highest BCUT2D eigenvalue weighted by atomic mass is 14.9. The maximum absolute atomic E-state index is 4.33. The summed E-state index contributed by atoms with van der Waals surface area (Å²) in [4.78, 5) is 11.8. The van der Waals surface area contributed by atoms with Gasteiger partial charge in [-0.25, -0.2) is 0 Å². The zero-order chi connectivity index (χ0) is 13.1. The van der Waals surface area contributed by atoms with Gasteiger partial charge in [-0.15, -0.1) is 0 Å². The summed E-state index contributed by atoms with van der Waals surface area (Å²) in [7, 11) is 0. The molecule has 4 nitrogen and oxygen atoms in total. The Kier molecular flexibility index (Phi) is 3.25. The lowest BCUT2D eigenvalue weighted by Gasteiger charge is -2.06. The molecule has 3 rings (SSSR count). The van der Waals surface area contributed by atoms with Crippen LogP contribution in [0.3, 0.4) is 0 Å². The predicted molar refractivity (Wildman–Crippen MR) is 75.6 cm³/mol. The Morgan fingerprint density at radius 2 is 2.05 bits per heavy atom. The quantitative estimate of drug-likeness (QED) is 0.750. The van der Waals surface area contributed by atoms with Crippen LogP contribution >= 0.6 is 0 Å². The largest absolute Gasteiger partial charge is 0.361 e. The molecule has 0 aliphatic carbocycles. The summed E-state index contributed by atoms with van der Waals surface area (Å²) in [5.74, 6) is 0. The van der Waals surface area contributed by atoms with Crippen LogP contribution < -0.4 is 5.32 Å². The average Bonchev–Trinajstić information content (AvgIpc) is 2.90. The zero-order valence-corrected chi connectivity index (χ0v) is 10.9. The van der Waals surface area contributed by atoms with Gasteiger partial charge in [-0.1, -0.05) is 18.2 Å². The van der Waals surface area contributed by atoms with E-state index in [1.807, 2.05) is 19.3 Å². The summed E-state index contributed by atoms with van der Waals surface area (Å²) in [5.41, 5.74) is 4.37. The smallest absolute Gasteiger partial charge is 0.0724 e. The lowest BCUT2D eigenvalue weighted by atomic mass is 10.1. The number of rotatable bonds is 4. The molecule has 0 bridgehead atoms. The molecular weight excluding hydrogens is 236 g/mol. The maximum atomic E-state index is 4.33. The molecule has 0 spiro atoms. The minimum Gasteiger partial charge on any atom is -0.361 e. The lowest BCUT2D eigenvalue weighted by Crippen LogP contribution is -2.14. The number of fused-ring (bicyclic) bond motifs is 1. The van der Waals surface area contributed by atoms with E-state index in [-0.39, 0.29) is 0 Å². The first kappa shape index (κ1) is 11.9. The van der Waals surface area contributed by atoms with E-state index >= 15 is 0 Å². The van der Waals surface area contributed by atoms with Gasteiger partial charge in [-0.2, -0.15) is 0 Å². The van der Waals surface area contributed by atoms with Gasteiger partial charge in [0.2, 0.25) is 0 Å². The van der Waals surface area contributed by atoms with Crippen molar-refractivity contribution in [3.8, 4) is 0 Å². The molecule has 1 aromatic carbocycles. The highest BCUT2D eigenvalue weighted by Crippen LogP contribution is 2.16. The Morgan fingerprint density at radius 3 is 2.89 bits per heavy atom. The van der Waals surface area contributed by atoms with Crippen molar-refractivity contribution in [1.82, 2.24) is 20.3 Å². The second-order valence-electron chi connectivity index (χ2n) is 4.61. The second kappa shape index (κ2) is 5.20. The van der Waals surface area contributed by atoms with Crippen molar-refractivity contribution >= 4 is 10.9 Å². The topological polar surface area (TPSA) is 53.6 Å². The van der Waals surface area contributed by atoms with Crippen LogP contribution in [0.5, 0.6) is 0 Å². The van der Waals surface area contributed by atoms with Gasteiger partial charge in [0.25, 0.3) is 0 Å². The summed E-state index contributed by atoms with van der Waals surface area (Å²) in [5, 5.41) is 4.64. The summed E-state index contributed by atoms with van der Waals surface area (Å²) in [6, 6.07) is 8.41. The van der Waals surface area contributed by atoms with Gasteiger partial charge in [-0.3, -0.25) is 9.97 Å². The zero-order valence-electron chi connectivity index (χ0n) is 10.9. The number of aryl methyl sites for hydroxylation is 1. The lowest BCUT2D eigenvalue weighted by molar-refractivity contribution is 0.678. The summed E-state index contributed by atoms with van der Waals surface area (Å²) in [6.45, 7) is 3.48. The molecule has 4 heteroatoms. The Labute approximate surface area is 111 Å². The van der Waals surface area contributed by atoms with Crippen LogP contribution in [0.1, 0.15) is 17.0 Å². The fourth-order valence-corrected chi connectivity index (χ4v) is 2.13. The van der Waals surface area contributed by atoms with Crippen molar-refractivity contribution in [2.45, 2.75) is 20.0 Å². The van der Waals surface area contributed by atoms with Crippen molar-refractivity contribution in [3.63, 3.8) is 0 Å². The number of hydrogen-bond donors (Lipinski definition) is 2. The normalized spacial score (nSPS) is 11.0.